The van der Waals surface area contributed by atoms with Crippen molar-refractivity contribution in [2.45, 2.75) is 19.8 Å². The van der Waals surface area contributed by atoms with Gasteiger partial charge < -0.3 is 5.11 Å². The number of rotatable bonds is 1. The lowest BCUT2D eigenvalue weighted by Crippen LogP contribution is -2.16. The van der Waals surface area contributed by atoms with E-state index < -0.39 is 0 Å². The molecular weight excluding hydrogens is 116 g/mol. The Morgan fingerprint density at radius 2 is 2.44 bits per heavy atom. The summed E-state index contributed by atoms with van der Waals surface area (Å²) in [6.45, 7) is 2.06. The van der Waals surface area contributed by atoms with Gasteiger partial charge in [0.2, 0.25) is 0 Å². The van der Waals surface area contributed by atoms with Crippen LogP contribution in [0.1, 0.15) is 19.8 Å². The van der Waals surface area contributed by atoms with E-state index in [0.717, 1.165) is 6.42 Å². The van der Waals surface area contributed by atoms with Gasteiger partial charge in [-0.25, -0.2) is 0 Å². The molecule has 0 heterocycles. The number of hydrogen-bond acceptors (Lipinski definition) is 2. The van der Waals surface area contributed by atoms with Gasteiger partial charge >= 0.3 is 0 Å². The van der Waals surface area contributed by atoms with Gasteiger partial charge in [0.15, 0.2) is 0 Å². The molecule has 1 fully saturated rings. The molecule has 0 aromatic heterocycles. The predicted molar refractivity (Wildman–Crippen MR) is 34.0 cm³/mol. The molecule has 52 valence electrons. The first-order chi connectivity index (χ1) is 4.25. The smallest absolute Gasteiger partial charge is 0.138 e. The molecule has 0 bridgehead atoms. The summed E-state index contributed by atoms with van der Waals surface area (Å²) in [6.07, 6.45) is 1.64. The second-order valence-electron chi connectivity index (χ2n) is 2.77. The molecule has 0 aliphatic heterocycles. The molecule has 9 heavy (non-hydrogen) atoms. The van der Waals surface area contributed by atoms with Crippen LogP contribution in [0.15, 0.2) is 0 Å². The minimum Gasteiger partial charge on any atom is -0.396 e. The van der Waals surface area contributed by atoms with Gasteiger partial charge in [-0.05, 0) is 12.3 Å². The van der Waals surface area contributed by atoms with Crippen LogP contribution in [0.25, 0.3) is 0 Å². The SMILES string of the molecule is C[C@@H]1CCC(=O)[C@@H]1CO. The summed E-state index contributed by atoms with van der Waals surface area (Å²) in [6, 6.07) is 0. The first-order valence-corrected chi connectivity index (χ1v) is 3.39. The Bertz CT molecular complexity index is 120. The molecule has 0 saturated heterocycles. The Balaban J connectivity index is 2.55. The van der Waals surface area contributed by atoms with E-state index in [1.807, 2.05) is 6.92 Å². The topological polar surface area (TPSA) is 37.3 Å². The molecule has 0 unspecified atom stereocenters. The quantitative estimate of drug-likeness (QED) is 0.561. The number of Topliss-reactive ketones (excluding diaryl/α,β-unsaturated/α-hetero) is 1. The number of hydrogen-bond donors (Lipinski definition) is 1. The van der Waals surface area contributed by atoms with Crippen molar-refractivity contribution < 1.29 is 9.90 Å². The van der Waals surface area contributed by atoms with Gasteiger partial charge in [0.1, 0.15) is 5.78 Å². The molecule has 0 radical (unpaired) electrons. The fourth-order valence-electron chi connectivity index (χ4n) is 1.36. The molecule has 1 rings (SSSR count). The zero-order valence-electron chi connectivity index (χ0n) is 5.63. The van der Waals surface area contributed by atoms with Gasteiger partial charge in [-0.1, -0.05) is 6.92 Å². The van der Waals surface area contributed by atoms with Crippen LogP contribution in [0.2, 0.25) is 0 Å². The third kappa shape index (κ3) is 1.13. The number of carbonyl (C=O) groups excluding carboxylic acids is 1. The summed E-state index contributed by atoms with van der Waals surface area (Å²) in [7, 11) is 0. The van der Waals surface area contributed by atoms with Crippen LogP contribution in [0, 0.1) is 11.8 Å². The van der Waals surface area contributed by atoms with Crippen LogP contribution < -0.4 is 0 Å². The minimum atomic E-state index is -0.0509. The van der Waals surface area contributed by atoms with Crippen molar-refractivity contribution in [2.24, 2.45) is 11.8 Å². The fraction of sp³-hybridized carbons (Fsp3) is 0.857. The van der Waals surface area contributed by atoms with E-state index >= 15 is 0 Å². The van der Waals surface area contributed by atoms with Crippen molar-refractivity contribution in [2.75, 3.05) is 6.61 Å². The van der Waals surface area contributed by atoms with Gasteiger partial charge in [0, 0.05) is 12.3 Å². The highest BCUT2D eigenvalue weighted by molar-refractivity contribution is 5.83. The molecular formula is C7H12O2. The maximum atomic E-state index is 10.9. The molecule has 2 heteroatoms. The summed E-state index contributed by atoms with van der Waals surface area (Å²) in [5.41, 5.74) is 0. The first kappa shape index (κ1) is 6.75. The molecule has 0 aromatic carbocycles. The molecule has 1 aliphatic rings. The molecule has 0 amide bonds. The Hall–Kier alpha value is -0.370. The van der Waals surface area contributed by atoms with Crippen LogP contribution >= 0.6 is 0 Å². The second-order valence-corrected chi connectivity index (χ2v) is 2.77. The van der Waals surface area contributed by atoms with Crippen molar-refractivity contribution in [3.05, 3.63) is 0 Å². The number of ketones is 1. The number of carbonyl (C=O) groups is 1. The van der Waals surface area contributed by atoms with Crippen LogP contribution in [0.5, 0.6) is 0 Å². The van der Waals surface area contributed by atoms with E-state index in [-0.39, 0.29) is 18.3 Å². The molecule has 1 aliphatic carbocycles. The third-order valence-corrected chi connectivity index (χ3v) is 2.14. The maximum Gasteiger partial charge on any atom is 0.138 e. The lowest BCUT2D eigenvalue weighted by molar-refractivity contribution is -0.122. The molecule has 0 spiro atoms. The summed E-state index contributed by atoms with van der Waals surface area (Å²) < 4.78 is 0. The van der Waals surface area contributed by atoms with Gasteiger partial charge in [-0.3, -0.25) is 4.79 Å². The lowest BCUT2D eigenvalue weighted by atomic mass is 9.99. The van der Waals surface area contributed by atoms with Crippen LogP contribution in [-0.2, 0) is 4.79 Å². The molecule has 2 atom stereocenters. The average Bonchev–Trinajstić information content (AvgIpc) is 2.12. The summed E-state index contributed by atoms with van der Waals surface area (Å²) in [4.78, 5) is 10.9. The van der Waals surface area contributed by atoms with E-state index in [1.54, 1.807) is 0 Å². The zero-order valence-corrected chi connectivity index (χ0v) is 5.63. The molecule has 1 saturated carbocycles. The van der Waals surface area contributed by atoms with E-state index in [1.165, 1.54) is 0 Å². The van der Waals surface area contributed by atoms with E-state index in [4.69, 9.17) is 5.11 Å². The maximum absolute atomic E-state index is 10.9. The van der Waals surface area contributed by atoms with E-state index in [9.17, 15) is 4.79 Å². The van der Waals surface area contributed by atoms with E-state index in [2.05, 4.69) is 0 Å². The molecule has 2 nitrogen and oxygen atoms in total. The van der Waals surface area contributed by atoms with Crippen molar-refractivity contribution in [1.82, 2.24) is 0 Å². The summed E-state index contributed by atoms with van der Waals surface area (Å²) in [5, 5.41) is 8.69. The Labute approximate surface area is 54.9 Å². The zero-order chi connectivity index (χ0) is 6.85. The molecule has 1 N–H and O–H groups in total. The van der Waals surface area contributed by atoms with Crippen LogP contribution in [-0.4, -0.2) is 17.5 Å². The standard InChI is InChI=1S/C7H12O2/c1-5-2-3-7(9)6(5)4-8/h5-6,8H,2-4H2,1H3/t5-,6-/m1/s1. The minimum absolute atomic E-state index is 0.0417. The normalized spacial score (nSPS) is 35.6. The van der Waals surface area contributed by atoms with Crippen molar-refractivity contribution >= 4 is 5.78 Å². The van der Waals surface area contributed by atoms with Crippen LogP contribution in [0.3, 0.4) is 0 Å². The monoisotopic (exact) mass is 128 g/mol. The largest absolute Gasteiger partial charge is 0.396 e. The van der Waals surface area contributed by atoms with Gasteiger partial charge in [0.25, 0.3) is 0 Å². The average molecular weight is 128 g/mol. The van der Waals surface area contributed by atoms with E-state index in [0.29, 0.717) is 12.3 Å². The van der Waals surface area contributed by atoms with Gasteiger partial charge in [-0.2, -0.15) is 0 Å². The first-order valence-electron chi connectivity index (χ1n) is 3.39. The van der Waals surface area contributed by atoms with Crippen molar-refractivity contribution in [3.63, 3.8) is 0 Å². The second kappa shape index (κ2) is 2.48. The Morgan fingerprint density at radius 3 is 2.67 bits per heavy atom. The highest BCUT2D eigenvalue weighted by Crippen LogP contribution is 2.27. The Kier molecular flexibility index (Phi) is 1.86. The predicted octanol–water partition coefficient (Wildman–Crippen LogP) is 0.594. The molecule has 0 aromatic rings. The van der Waals surface area contributed by atoms with Crippen molar-refractivity contribution in [3.8, 4) is 0 Å². The summed E-state index contributed by atoms with van der Waals surface area (Å²) >= 11 is 0. The number of aliphatic hydroxyl groups is 1. The van der Waals surface area contributed by atoms with Crippen LogP contribution in [0.4, 0.5) is 0 Å². The third-order valence-electron chi connectivity index (χ3n) is 2.14. The van der Waals surface area contributed by atoms with Crippen molar-refractivity contribution in [1.29, 1.82) is 0 Å². The Morgan fingerprint density at radius 1 is 1.78 bits per heavy atom. The highest BCUT2D eigenvalue weighted by atomic mass is 16.3. The number of aliphatic hydroxyl groups excluding tert-OH is 1. The lowest BCUT2D eigenvalue weighted by Gasteiger charge is -2.07. The fourth-order valence-corrected chi connectivity index (χ4v) is 1.36. The van der Waals surface area contributed by atoms with Gasteiger partial charge in [0.05, 0.1) is 6.61 Å². The summed E-state index contributed by atoms with van der Waals surface area (Å²) in [5.74, 6) is 0.595. The highest BCUT2D eigenvalue weighted by Gasteiger charge is 2.30. The van der Waals surface area contributed by atoms with Gasteiger partial charge in [-0.15, -0.1) is 0 Å².